The molecule has 2 N–H and O–H groups in total. The van der Waals surface area contributed by atoms with E-state index in [2.05, 4.69) is 25.1 Å². The summed E-state index contributed by atoms with van der Waals surface area (Å²) in [6, 6.07) is 5.93. The van der Waals surface area contributed by atoms with Gasteiger partial charge in [0.15, 0.2) is 0 Å². The van der Waals surface area contributed by atoms with E-state index in [0.29, 0.717) is 11.8 Å². The van der Waals surface area contributed by atoms with Crippen molar-refractivity contribution in [2.45, 2.75) is 37.1 Å². The quantitative estimate of drug-likeness (QED) is 0.587. The molecule has 1 aromatic rings. The lowest BCUT2D eigenvalue weighted by molar-refractivity contribution is 0.358. The van der Waals surface area contributed by atoms with Crippen LogP contribution in [0.25, 0.3) is 0 Å². The van der Waals surface area contributed by atoms with E-state index in [0.717, 1.165) is 36.9 Å². The molecule has 0 saturated heterocycles. The lowest BCUT2D eigenvalue weighted by atomic mass is 9.67. The number of phenols is 1. The normalized spacial score (nSPS) is 19.5. The Kier molecular flexibility index (Phi) is 4.33. The smallest absolute Gasteiger partial charge is 0.116 e. The molecule has 0 radical (unpaired) electrons. The summed E-state index contributed by atoms with van der Waals surface area (Å²) in [5, 5.41) is 13.4. The minimum atomic E-state index is -0.0312. The van der Waals surface area contributed by atoms with Crippen LogP contribution in [-0.4, -0.2) is 11.1 Å². The highest BCUT2D eigenvalue weighted by Gasteiger charge is 2.38. The molecule has 1 heterocycles. The van der Waals surface area contributed by atoms with Crippen molar-refractivity contribution in [3.63, 3.8) is 0 Å². The number of hydrogen-bond acceptors (Lipinski definition) is 2. The number of benzene rings is 1. The van der Waals surface area contributed by atoms with Crippen molar-refractivity contribution in [1.29, 1.82) is 0 Å². The first-order valence-electron chi connectivity index (χ1n) is 7.08. The van der Waals surface area contributed by atoms with Crippen molar-refractivity contribution in [3.8, 4) is 5.75 Å². The lowest BCUT2D eigenvalue weighted by Crippen LogP contribution is -2.39. The zero-order valence-corrected chi connectivity index (χ0v) is 11.9. The van der Waals surface area contributed by atoms with Crippen molar-refractivity contribution in [1.82, 2.24) is 0 Å². The van der Waals surface area contributed by atoms with Gasteiger partial charge in [0, 0.05) is 17.1 Å². The van der Waals surface area contributed by atoms with Gasteiger partial charge >= 0.3 is 0 Å². The number of fused-ring (bicyclic) bond motifs is 1. The van der Waals surface area contributed by atoms with Crippen molar-refractivity contribution >= 4 is 5.69 Å². The molecule has 0 aromatic heterocycles. The third-order valence-corrected chi connectivity index (χ3v) is 4.09. The van der Waals surface area contributed by atoms with E-state index < -0.39 is 0 Å². The molecule has 0 amide bonds. The second-order valence-electron chi connectivity index (χ2n) is 5.57. The van der Waals surface area contributed by atoms with Gasteiger partial charge in [-0.1, -0.05) is 18.2 Å². The first-order chi connectivity index (χ1) is 9.65. The van der Waals surface area contributed by atoms with Gasteiger partial charge in [0.05, 0.1) is 0 Å². The van der Waals surface area contributed by atoms with Gasteiger partial charge in [-0.05, 0) is 49.4 Å². The van der Waals surface area contributed by atoms with Crippen LogP contribution in [0, 0.1) is 0 Å². The maximum atomic E-state index is 9.83. The summed E-state index contributed by atoms with van der Waals surface area (Å²) >= 11 is 0. The molecule has 0 saturated carbocycles. The predicted molar refractivity (Wildman–Crippen MR) is 86.3 cm³/mol. The number of hydrogen-bond donors (Lipinski definition) is 2. The number of aromatic hydroxyl groups is 1. The Morgan fingerprint density at radius 2 is 1.90 bits per heavy atom. The summed E-state index contributed by atoms with van der Waals surface area (Å²) in [7, 11) is 0. The Hall–Kier alpha value is -1.96. The van der Waals surface area contributed by atoms with Crippen molar-refractivity contribution < 1.29 is 5.11 Å². The van der Waals surface area contributed by atoms with E-state index >= 15 is 0 Å². The Bertz CT molecular complexity index is 508. The fourth-order valence-electron chi connectivity index (χ4n) is 3.32. The highest BCUT2D eigenvalue weighted by molar-refractivity contribution is 5.60. The topological polar surface area (TPSA) is 32.3 Å². The van der Waals surface area contributed by atoms with Gasteiger partial charge in [0.1, 0.15) is 5.75 Å². The molecule has 1 aromatic carbocycles. The predicted octanol–water partition coefficient (Wildman–Crippen LogP) is 4.54. The second kappa shape index (κ2) is 6.00. The van der Waals surface area contributed by atoms with Crippen LogP contribution in [0.15, 0.2) is 56.2 Å². The molecular formula is C18H23NO. The molecule has 2 nitrogen and oxygen atoms in total. The molecule has 0 aliphatic carbocycles. The number of allylic oxidation sites excluding steroid dienone is 2. The van der Waals surface area contributed by atoms with Gasteiger partial charge in [-0.2, -0.15) is 0 Å². The fraction of sp³-hybridized carbons (Fsp3) is 0.333. The number of anilines is 1. The number of nitrogens with one attached hydrogen (secondary N) is 1. The molecule has 2 rings (SSSR count). The average molecular weight is 269 g/mol. The van der Waals surface area contributed by atoms with Crippen molar-refractivity contribution in [3.05, 3.63) is 61.7 Å². The van der Waals surface area contributed by atoms with E-state index in [9.17, 15) is 5.11 Å². The molecule has 2 heteroatoms. The Balaban J connectivity index is 2.51. The maximum absolute atomic E-state index is 9.83. The minimum Gasteiger partial charge on any atom is -0.508 e. The van der Waals surface area contributed by atoms with Gasteiger partial charge in [-0.3, -0.25) is 0 Å². The lowest BCUT2D eigenvalue weighted by Gasteiger charge is -2.42. The van der Waals surface area contributed by atoms with E-state index in [1.54, 1.807) is 6.07 Å². The van der Waals surface area contributed by atoms with Crippen LogP contribution in [0.2, 0.25) is 0 Å². The largest absolute Gasteiger partial charge is 0.508 e. The van der Waals surface area contributed by atoms with Gasteiger partial charge < -0.3 is 10.4 Å². The second-order valence-corrected chi connectivity index (χ2v) is 5.57. The van der Waals surface area contributed by atoms with E-state index in [-0.39, 0.29) is 5.41 Å². The molecule has 1 aliphatic heterocycles. The summed E-state index contributed by atoms with van der Waals surface area (Å²) < 4.78 is 0. The molecule has 0 bridgehead atoms. The summed E-state index contributed by atoms with van der Waals surface area (Å²) in [5.74, 6) is 0.310. The average Bonchev–Trinajstić information content (AvgIpc) is 2.41. The summed E-state index contributed by atoms with van der Waals surface area (Å²) in [6.07, 6.45) is 9.57. The third kappa shape index (κ3) is 2.64. The molecule has 20 heavy (non-hydrogen) atoms. The van der Waals surface area contributed by atoms with Crippen LogP contribution in [0.1, 0.15) is 31.2 Å². The number of rotatable bonds is 6. The molecule has 0 spiro atoms. The van der Waals surface area contributed by atoms with Crippen LogP contribution in [0.4, 0.5) is 5.69 Å². The summed E-state index contributed by atoms with van der Waals surface area (Å²) in [6.45, 7) is 11.7. The van der Waals surface area contributed by atoms with E-state index in [4.69, 9.17) is 0 Å². The molecule has 106 valence electrons. The Morgan fingerprint density at radius 3 is 2.50 bits per heavy atom. The first-order valence-corrected chi connectivity index (χ1v) is 7.08. The Morgan fingerprint density at radius 1 is 1.20 bits per heavy atom. The highest BCUT2D eigenvalue weighted by atomic mass is 16.3. The van der Waals surface area contributed by atoms with Crippen molar-refractivity contribution in [2.24, 2.45) is 0 Å². The summed E-state index contributed by atoms with van der Waals surface area (Å²) in [4.78, 5) is 0. The Labute approximate surface area is 121 Å². The van der Waals surface area contributed by atoms with Crippen LogP contribution >= 0.6 is 0 Å². The minimum absolute atomic E-state index is 0.0312. The van der Waals surface area contributed by atoms with E-state index in [1.165, 1.54) is 0 Å². The van der Waals surface area contributed by atoms with Crippen LogP contribution in [0.5, 0.6) is 5.75 Å². The number of phenolic OH excluding ortho intramolecular Hbond substituents is 1. The van der Waals surface area contributed by atoms with E-state index in [1.807, 2.05) is 30.4 Å². The highest BCUT2D eigenvalue weighted by Crippen LogP contribution is 2.46. The first kappa shape index (κ1) is 14.4. The van der Waals surface area contributed by atoms with Crippen molar-refractivity contribution in [2.75, 3.05) is 5.32 Å². The maximum Gasteiger partial charge on any atom is 0.116 e. The molecule has 0 fully saturated rings. The molecular weight excluding hydrogens is 246 g/mol. The zero-order chi connectivity index (χ0) is 14.6. The molecule has 1 aliphatic rings. The van der Waals surface area contributed by atoms with Crippen LogP contribution in [-0.2, 0) is 5.41 Å². The third-order valence-electron chi connectivity index (χ3n) is 4.09. The van der Waals surface area contributed by atoms with Gasteiger partial charge in [-0.15, -0.1) is 19.7 Å². The van der Waals surface area contributed by atoms with Gasteiger partial charge in [-0.25, -0.2) is 0 Å². The standard InChI is InChI=1S/C18H23NO/c1-4-7-14-13-18(10-5-2,11-6-3)16-12-15(20)8-9-17(16)19-14/h4-6,8-9,12,14,19-20H,1-3,7,10-11,13H2. The fourth-order valence-corrected chi connectivity index (χ4v) is 3.32. The van der Waals surface area contributed by atoms with Gasteiger partial charge in [0.25, 0.3) is 0 Å². The SMILES string of the molecule is C=CCC1CC(CC=C)(CC=C)c2cc(O)ccc2N1. The molecule has 1 atom stereocenters. The summed E-state index contributed by atoms with van der Waals surface area (Å²) in [5.41, 5.74) is 2.23. The van der Waals surface area contributed by atoms with Gasteiger partial charge in [0.2, 0.25) is 0 Å². The monoisotopic (exact) mass is 269 g/mol. The van der Waals surface area contributed by atoms with Crippen LogP contribution < -0.4 is 5.32 Å². The molecule has 1 unspecified atom stereocenters. The van der Waals surface area contributed by atoms with Crippen LogP contribution in [0.3, 0.4) is 0 Å². The zero-order valence-electron chi connectivity index (χ0n) is 11.9.